The zero-order valence-electron chi connectivity index (χ0n) is 12.1. The fourth-order valence-corrected chi connectivity index (χ4v) is 2.61. The molecule has 1 amide bonds. The Kier molecular flexibility index (Phi) is 5.38. The van der Waals surface area contributed by atoms with Crippen molar-refractivity contribution >= 4 is 11.6 Å². The van der Waals surface area contributed by atoms with Crippen molar-refractivity contribution in [2.75, 3.05) is 44.7 Å². The molecule has 1 unspecified atom stereocenters. The summed E-state index contributed by atoms with van der Waals surface area (Å²) >= 11 is 0. The average molecular weight is 276 g/mol. The first kappa shape index (κ1) is 14.8. The smallest absolute Gasteiger partial charge is 0.234 e. The number of carbonyl (C=O) groups is 1. The Hall–Kier alpha value is -1.59. The van der Waals surface area contributed by atoms with Crippen molar-refractivity contribution in [2.45, 2.75) is 12.5 Å². The van der Waals surface area contributed by atoms with Crippen molar-refractivity contribution in [3.05, 3.63) is 30.3 Å². The minimum atomic E-state index is -0.268. The Morgan fingerprint density at radius 3 is 2.45 bits per heavy atom. The molecule has 5 nitrogen and oxygen atoms in total. The van der Waals surface area contributed by atoms with Gasteiger partial charge in [-0.1, -0.05) is 18.2 Å². The van der Waals surface area contributed by atoms with E-state index in [0.717, 1.165) is 39.1 Å². The maximum absolute atomic E-state index is 11.2. The highest BCUT2D eigenvalue weighted by Crippen LogP contribution is 2.15. The molecule has 110 valence electrons. The number of para-hydroxylation sites is 1. The van der Waals surface area contributed by atoms with Gasteiger partial charge >= 0.3 is 0 Å². The Morgan fingerprint density at radius 1 is 1.25 bits per heavy atom. The molecule has 0 spiro atoms. The fraction of sp³-hybridized carbons (Fsp3) is 0.533. The number of nitrogens with two attached hydrogens (primary N) is 1. The molecular weight excluding hydrogens is 252 g/mol. The van der Waals surface area contributed by atoms with Crippen molar-refractivity contribution < 1.29 is 4.79 Å². The standard InChI is InChI=1S/C15H24N4O/c1-17-14(15(16)20)7-8-18-9-11-19(12-10-18)13-5-3-2-4-6-13/h2-6,14,17H,7-12H2,1H3,(H2,16,20). The van der Waals surface area contributed by atoms with Gasteiger partial charge in [-0.05, 0) is 25.6 Å². The molecule has 1 aromatic carbocycles. The second-order valence-corrected chi connectivity index (χ2v) is 5.20. The number of likely N-dealkylation sites (N-methyl/N-ethyl adjacent to an activating group) is 1. The maximum atomic E-state index is 11.2. The third-order valence-corrected chi connectivity index (χ3v) is 3.92. The molecule has 2 rings (SSSR count). The summed E-state index contributed by atoms with van der Waals surface area (Å²) in [6, 6.07) is 10.3. The molecule has 1 fully saturated rings. The minimum Gasteiger partial charge on any atom is -0.369 e. The number of rotatable bonds is 6. The summed E-state index contributed by atoms with van der Waals surface area (Å²) in [5, 5.41) is 2.96. The molecule has 1 aromatic rings. The average Bonchev–Trinajstić information content (AvgIpc) is 2.49. The molecule has 20 heavy (non-hydrogen) atoms. The number of nitrogens with one attached hydrogen (secondary N) is 1. The van der Waals surface area contributed by atoms with Gasteiger partial charge in [0, 0.05) is 38.4 Å². The van der Waals surface area contributed by atoms with Crippen molar-refractivity contribution in [1.82, 2.24) is 10.2 Å². The second-order valence-electron chi connectivity index (χ2n) is 5.20. The van der Waals surface area contributed by atoms with E-state index in [2.05, 4.69) is 39.4 Å². The van der Waals surface area contributed by atoms with Crippen LogP contribution in [0, 0.1) is 0 Å². The van der Waals surface area contributed by atoms with Crippen LogP contribution in [0.15, 0.2) is 30.3 Å². The van der Waals surface area contributed by atoms with Crippen LogP contribution in [0.2, 0.25) is 0 Å². The van der Waals surface area contributed by atoms with E-state index in [1.54, 1.807) is 7.05 Å². The minimum absolute atomic E-state index is 0.220. The van der Waals surface area contributed by atoms with E-state index in [-0.39, 0.29) is 11.9 Å². The lowest BCUT2D eigenvalue weighted by Crippen LogP contribution is -2.48. The van der Waals surface area contributed by atoms with Crippen LogP contribution < -0.4 is 16.0 Å². The molecule has 1 saturated heterocycles. The van der Waals surface area contributed by atoms with Crippen LogP contribution in [0.1, 0.15) is 6.42 Å². The largest absolute Gasteiger partial charge is 0.369 e. The predicted molar refractivity (Wildman–Crippen MR) is 81.8 cm³/mol. The number of amides is 1. The van der Waals surface area contributed by atoms with E-state index < -0.39 is 0 Å². The molecule has 1 aliphatic rings. The van der Waals surface area contributed by atoms with E-state index in [1.165, 1.54) is 5.69 Å². The molecule has 0 saturated carbocycles. The van der Waals surface area contributed by atoms with Crippen molar-refractivity contribution in [3.8, 4) is 0 Å². The van der Waals surface area contributed by atoms with Gasteiger partial charge in [0.1, 0.15) is 0 Å². The van der Waals surface area contributed by atoms with Crippen LogP contribution in [-0.4, -0.2) is 56.6 Å². The molecule has 5 heteroatoms. The topological polar surface area (TPSA) is 61.6 Å². The predicted octanol–water partition coefficient (Wildman–Crippen LogP) is 0.272. The van der Waals surface area contributed by atoms with Gasteiger partial charge in [-0.25, -0.2) is 0 Å². The highest BCUT2D eigenvalue weighted by molar-refractivity contribution is 5.79. The van der Waals surface area contributed by atoms with Gasteiger partial charge in [-0.2, -0.15) is 0 Å². The Balaban J connectivity index is 1.76. The van der Waals surface area contributed by atoms with Crippen LogP contribution in [0.5, 0.6) is 0 Å². The highest BCUT2D eigenvalue weighted by atomic mass is 16.1. The van der Waals surface area contributed by atoms with Gasteiger partial charge in [-0.15, -0.1) is 0 Å². The molecule has 0 bridgehead atoms. The van der Waals surface area contributed by atoms with Crippen molar-refractivity contribution in [1.29, 1.82) is 0 Å². The van der Waals surface area contributed by atoms with Crippen LogP contribution in [0.4, 0.5) is 5.69 Å². The zero-order chi connectivity index (χ0) is 14.4. The first-order chi connectivity index (χ1) is 9.70. The number of hydrogen-bond donors (Lipinski definition) is 2. The quantitative estimate of drug-likeness (QED) is 0.783. The van der Waals surface area contributed by atoms with E-state index in [4.69, 9.17) is 5.73 Å². The highest BCUT2D eigenvalue weighted by Gasteiger charge is 2.19. The maximum Gasteiger partial charge on any atom is 0.234 e. The number of nitrogens with zero attached hydrogens (tertiary/aromatic N) is 2. The van der Waals surface area contributed by atoms with Gasteiger partial charge < -0.3 is 16.0 Å². The second kappa shape index (κ2) is 7.26. The summed E-state index contributed by atoms with van der Waals surface area (Å²) in [5.74, 6) is -0.268. The lowest BCUT2D eigenvalue weighted by Gasteiger charge is -2.36. The monoisotopic (exact) mass is 276 g/mol. The van der Waals surface area contributed by atoms with Gasteiger partial charge in [0.25, 0.3) is 0 Å². The molecule has 0 aromatic heterocycles. The Bertz CT molecular complexity index is 415. The lowest BCUT2D eigenvalue weighted by molar-refractivity contribution is -0.120. The van der Waals surface area contributed by atoms with Crippen LogP contribution in [-0.2, 0) is 4.79 Å². The molecule has 1 atom stereocenters. The van der Waals surface area contributed by atoms with Gasteiger partial charge in [0.05, 0.1) is 6.04 Å². The fourth-order valence-electron chi connectivity index (χ4n) is 2.61. The SMILES string of the molecule is CNC(CCN1CCN(c2ccccc2)CC1)C(N)=O. The zero-order valence-corrected chi connectivity index (χ0v) is 12.1. The summed E-state index contributed by atoms with van der Waals surface area (Å²) in [7, 11) is 1.78. The van der Waals surface area contributed by atoms with Gasteiger partial charge in [0.15, 0.2) is 0 Å². The van der Waals surface area contributed by atoms with Gasteiger partial charge in [-0.3, -0.25) is 9.69 Å². The number of anilines is 1. The molecule has 1 heterocycles. The van der Waals surface area contributed by atoms with E-state index in [1.807, 2.05) is 6.07 Å². The lowest BCUT2D eigenvalue weighted by atomic mass is 10.1. The molecule has 0 radical (unpaired) electrons. The van der Waals surface area contributed by atoms with Gasteiger partial charge in [0.2, 0.25) is 5.91 Å². The van der Waals surface area contributed by atoms with Crippen molar-refractivity contribution in [2.24, 2.45) is 5.73 Å². The third-order valence-electron chi connectivity index (χ3n) is 3.92. The number of benzene rings is 1. The molecule has 1 aliphatic heterocycles. The normalized spacial score (nSPS) is 17.9. The van der Waals surface area contributed by atoms with Crippen LogP contribution in [0.3, 0.4) is 0 Å². The summed E-state index contributed by atoms with van der Waals surface area (Å²) < 4.78 is 0. The van der Waals surface area contributed by atoms with Crippen molar-refractivity contribution in [3.63, 3.8) is 0 Å². The van der Waals surface area contributed by atoms with Crippen LogP contribution >= 0.6 is 0 Å². The number of hydrogen-bond acceptors (Lipinski definition) is 4. The Labute approximate surface area is 120 Å². The Morgan fingerprint density at radius 2 is 1.90 bits per heavy atom. The number of primary amides is 1. The van der Waals surface area contributed by atoms with E-state index >= 15 is 0 Å². The first-order valence-corrected chi connectivity index (χ1v) is 7.19. The summed E-state index contributed by atoms with van der Waals surface area (Å²) in [4.78, 5) is 16.0. The summed E-state index contributed by atoms with van der Waals surface area (Å²) in [5.41, 5.74) is 6.62. The molecule has 0 aliphatic carbocycles. The molecular formula is C15H24N4O. The third kappa shape index (κ3) is 3.95. The number of piperazine rings is 1. The van der Waals surface area contributed by atoms with E-state index in [0.29, 0.717) is 0 Å². The number of carbonyl (C=O) groups excluding carboxylic acids is 1. The van der Waals surface area contributed by atoms with Crippen LogP contribution in [0.25, 0.3) is 0 Å². The summed E-state index contributed by atoms with van der Waals surface area (Å²) in [6.45, 7) is 5.04. The summed E-state index contributed by atoms with van der Waals surface area (Å²) in [6.07, 6.45) is 0.775. The first-order valence-electron chi connectivity index (χ1n) is 7.19. The van der Waals surface area contributed by atoms with E-state index in [9.17, 15) is 4.79 Å². The molecule has 3 N–H and O–H groups in total.